The van der Waals surface area contributed by atoms with E-state index in [1.165, 1.54) is 29.4 Å². The minimum Gasteiger partial charge on any atom is -0.340 e. The van der Waals surface area contributed by atoms with Gasteiger partial charge in [-0.1, -0.05) is 23.2 Å². The standard InChI is InChI=1S/C22H19Cl2F2N5O2/c23-16-9-14(3-5-17(16)25)29-20-15-8-13(4-6-18(15)27-11-28-20)30-21(32)12-2-1-7-31(10-12)22(33)19(24)26/h3-6,8-9,11-12,19H,1-2,7,10H2,(H,30,32)(H,27,28,29). The molecule has 0 bridgehead atoms. The second kappa shape index (κ2) is 9.84. The highest BCUT2D eigenvalue weighted by Crippen LogP contribution is 2.28. The van der Waals surface area contributed by atoms with E-state index in [1.54, 1.807) is 18.2 Å². The number of carbonyl (C=O) groups excluding carboxylic acids is 2. The number of hydrogen-bond acceptors (Lipinski definition) is 5. The van der Waals surface area contributed by atoms with Crippen LogP contribution in [0.25, 0.3) is 10.9 Å². The molecule has 11 heteroatoms. The summed E-state index contributed by atoms with van der Waals surface area (Å²) in [5.74, 6) is -1.68. The van der Waals surface area contributed by atoms with E-state index in [0.717, 1.165) is 0 Å². The van der Waals surface area contributed by atoms with Crippen LogP contribution in [-0.2, 0) is 9.59 Å². The topological polar surface area (TPSA) is 87.2 Å². The number of hydrogen-bond donors (Lipinski definition) is 2. The van der Waals surface area contributed by atoms with Gasteiger partial charge in [-0.2, -0.15) is 0 Å². The van der Waals surface area contributed by atoms with Crippen molar-refractivity contribution in [1.29, 1.82) is 0 Å². The summed E-state index contributed by atoms with van der Waals surface area (Å²) in [5.41, 5.74) is -0.446. The fourth-order valence-electron chi connectivity index (χ4n) is 3.72. The third-order valence-corrected chi connectivity index (χ3v) is 5.85. The molecule has 1 aliphatic rings. The van der Waals surface area contributed by atoms with Crippen molar-refractivity contribution in [2.45, 2.75) is 18.5 Å². The van der Waals surface area contributed by atoms with E-state index in [2.05, 4.69) is 20.6 Å². The van der Waals surface area contributed by atoms with E-state index in [4.69, 9.17) is 23.2 Å². The molecule has 2 heterocycles. The molecule has 1 aromatic heterocycles. The van der Waals surface area contributed by atoms with E-state index in [9.17, 15) is 18.4 Å². The van der Waals surface area contributed by atoms with Crippen molar-refractivity contribution in [2.75, 3.05) is 23.7 Å². The molecule has 33 heavy (non-hydrogen) atoms. The Labute approximate surface area is 198 Å². The van der Waals surface area contributed by atoms with Crippen molar-refractivity contribution < 1.29 is 18.4 Å². The van der Waals surface area contributed by atoms with Crippen molar-refractivity contribution in [3.05, 3.63) is 53.6 Å². The molecule has 0 saturated carbocycles. The molecule has 2 unspecified atom stereocenters. The molecule has 0 spiro atoms. The van der Waals surface area contributed by atoms with Gasteiger partial charge in [-0.05, 0) is 49.2 Å². The highest BCUT2D eigenvalue weighted by molar-refractivity contribution is 6.31. The Balaban J connectivity index is 1.52. The number of piperidine rings is 1. The number of fused-ring (bicyclic) bond motifs is 1. The third kappa shape index (κ3) is 5.31. The van der Waals surface area contributed by atoms with Crippen LogP contribution in [0, 0.1) is 11.7 Å². The molecule has 2 atom stereocenters. The van der Waals surface area contributed by atoms with E-state index in [-0.39, 0.29) is 17.5 Å². The molecule has 172 valence electrons. The largest absolute Gasteiger partial charge is 0.340 e. The minimum absolute atomic E-state index is 0.0282. The number of halogens is 4. The first-order valence-electron chi connectivity index (χ1n) is 10.2. The van der Waals surface area contributed by atoms with Gasteiger partial charge < -0.3 is 15.5 Å². The molecule has 0 aliphatic carbocycles. The zero-order valence-corrected chi connectivity index (χ0v) is 18.7. The lowest BCUT2D eigenvalue weighted by Crippen LogP contribution is -2.45. The molecular weight excluding hydrogens is 475 g/mol. The lowest BCUT2D eigenvalue weighted by molar-refractivity contribution is -0.136. The zero-order valence-electron chi connectivity index (χ0n) is 17.2. The number of likely N-dealkylation sites (tertiary alicyclic amines) is 1. The Bertz CT molecular complexity index is 1210. The summed E-state index contributed by atoms with van der Waals surface area (Å²) in [7, 11) is 0. The van der Waals surface area contributed by atoms with Gasteiger partial charge in [0.25, 0.3) is 11.5 Å². The Morgan fingerprint density at radius 2 is 1.94 bits per heavy atom. The average Bonchev–Trinajstić information content (AvgIpc) is 2.81. The number of rotatable bonds is 5. The SMILES string of the molecule is O=C(Nc1ccc2ncnc(Nc3ccc(F)c(Cl)c3)c2c1)C1CCCN(C(=O)C(F)Cl)C1. The van der Waals surface area contributed by atoms with Crippen LogP contribution in [0.2, 0.25) is 5.02 Å². The molecule has 0 radical (unpaired) electrons. The first-order chi connectivity index (χ1) is 15.8. The van der Waals surface area contributed by atoms with Crippen LogP contribution < -0.4 is 10.6 Å². The van der Waals surface area contributed by atoms with Crippen LogP contribution in [0.1, 0.15) is 12.8 Å². The summed E-state index contributed by atoms with van der Waals surface area (Å²) in [6.45, 7) is 0.470. The molecule has 2 aromatic carbocycles. The smallest absolute Gasteiger partial charge is 0.272 e. The van der Waals surface area contributed by atoms with Gasteiger partial charge in [-0.3, -0.25) is 9.59 Å². The van der Waals surface area contributed by atoms with Crippen molar-refractivity contribution in [2.24, 2.45) is 5.92 Å². The van der Waals surface area contributed by atoms with Crippen LogP contribution in [0.4, 0.5) is 26.0 Å². The molecule has 2 amide bonds. The fraction of sp³-hybridized carbons (Fsp3) is 0.273. The van der Waals surface area contributed by atoms with Gasteiger partial charge >= 0.3 is 0 Å². The summed E-state index contributed by atoms with van der Waals surface area (Å²) in [6, 6.07) is 9.35. The zero-order chi connectivity index (χ0) is 23.5. The maximum Gasteiger partial charge on any atom is 0.272 e. The summed E-state index contributed by atoms with van der Waals surface area (Å²) < 4.78 is 26.6. The van der Waals surface area contributed by atoms with Crippen LogP contribution in [0.5, 0.6) is 0 Å². The lowest BCUT2D eigenvalue weighted by Gasteiger charge is -2.32. The van der Waals surface area contributed by atoms with Gasteiger partial charge in [0, 0.05) is 29.9 Å². The first-order valence-corrected chi connectivity index (χ1v) is 11.0. The highest BCUT2D eigenvalue weighted by Gasteiger charge is 2.31. The maximum atomic E-state index is 13.5. The summed E-state index contributed by atoms with van der Waals surface area (Å²) in [5, 5.41) is 6.52. The van der Waals surface area contributed by atoms with Crippen molar-refractivity contribution in [1.82, 2.24) is 14.9 Å². The quantitative estimate of drug-likeness (QED) is 0.494. The van der Waals surface area contributed by atoms with Gasteiger partial charge in [0.2, 0.25) is 5.91 Å². The Morgan fingerprint density at radius 1 is 1.15 bits per heavy atom. The Hall–Kier alpha value is -3.04. The third-order valence-electron chi connectivity index (χ3n) is 5.38. The van der Waals surface area contributed by atoms with E-state index >= 15 is 0 Å². The average molecular weight is 494 g/mol. The van der Waals surface area contributed by atoms with E-state index < -0.39 is 23.3 Å². The number of aromatic nitrogens is 2. The second-order valence-corrected chi connectivity index (χ2v) is 8.41. The summed E-state index contributed by atoms with van der Waals surface area (Å²) in [6.07, 6.45) is 2.54. The molecule has 2 N–H and O–H groups in total. The number of nitrogens with zero attached hydrogens (tertiary/aromatic N) is 3. The van der Waals surface area contributed by atoms with Crippen LogP contribution >= 0.6 is 23.2 Å². The number of alkyl halides is 2. The van der Waals surface area contributed by atoms with Gasteiger partial charge in [0.1, 0.15) is 18.0 Å². The first kappa shape index (κ1) is 23.1. The van der Waals surface area contributed by atoms with E-state index in [1.807, 2.05) is 0 Å². The summed E-state index contributed by atoms with van der Waals surface area (Å²) >= 11 is 11.1. The fourth-order valence-corrected chi connectivity index (χ4v) is 4.04. The minimum atomic E-state index is -2.12. The van der Waals surface area contributed by atoms with Crippen molar-refractivity contribution in [3.8, 4) is 0 Å². The van der Waals surface area contributed by atoms with Crippen LogP contribution in [0.3, 0.4) is 0 Å². The Kier molecular flexibility index (Phi) is 6.90. The predicted molar refractivity (Wildman–Crippen MR) is 123 cm³/mol. The number of benzene rings is 2. The molecule has 1 aliphatic heterocycles. The summed E-state index contributed by atoms with van der Waals surface area (Å²) in [4.78, 5) is 34.4. The van der Waals surface area contributed by atoms with E-state index in [0.29, 0.717) is 47.5 Å². The van der Waals surface area contributed by atoms with Crippen molar-refractivity contribution in [3.63, 3.8) is 0 Å². The van der Waals surface area contributed by atoms with Crippen molar-refractivity contribution >= 4 is 63.1 Å². The molecule has 4 rings (SSSR count). The van der Waals surface area contributed by atoms with Gasteiger partial charge in [0.15, 0.2) is 0 Å². The van der Waals surface area contributed by atoms with Crippen LogP contribution in [0.15, 0.2) is 42.7 Å². The number of nitrogens with one attached hydrogen (secondary N) is 2. The predicted octanol–water partition coefficient (Wildman–Crippen LogP) is 4.88. The maximum absolute atomic E-state index is 13.5. The molecular formula is C22H19Cl2F2N5O2. The number of amides is 2. The second-order valence-electron chi connectivity index (χ2n) is 7.62. The lowest BCUT2D eigenvalue weighted by atomic mass is 9.97. The highest BCUT2D eigenvalue weighted by atomic mass is 35.5. The molecule has 1 saturated heterocycles. The molecule has 7 nitrogen and oxygen atoms in total. The molecule has 3 aromatic rings. The number of carbonyl (C=O) groups is 2. The van der Waals surface area contributed by atoms with Crippen LogP contribution in [-0.4, -0.2) is 45.4 Å². The van der Waals surface area contributed by atoms with Gasteiger partial charge in [-0.25, -0.2) is 18.7 Å². The monoisotopic (exact) mass is 493 g/mol. The number of anilines is 3. The Morgan fingerprint density at radius 3 is 2.70 bits per heavy atom. The molecule has 1 fully saturated rings. The van der Waals surface area contributed by atoms with Gasteiger partial charge in [-0.15, -0.1) is 0 Å². The normalized spacial score (nSPS) is 17.0. The van der Waals surface area contributed by atoms with Gasteiger partial charge in [0.05, 0.1) is 16.5 Å².